The van der Waals surface area contributed by atoms with E-state index in [0.29, 0.717) is 0 Å². The highest BCUT2D eigenvalue weighted by Gasteiger charge is 2.56. The molecule has 0 N–H and O–H groups in total. The van der Waals surface area contributed by atoms with Crippen molar-refractivity contribution in [1.82, 2.24) is 0 Å². The first-order chi connectivity index (χ1) is 28.0. The Kier molecular flexibility index (Phi) is 7.04. The third kappa shape index (κ3) is 4.69. The quantitative estimate of drug-likeness (QED) is 0.170. The molecule has 4 aliphatic rings. The van der Waals surface area contributed by atoms with Crippen molar-refractivity contribution in [2.45, 2.75) is 50.4 Å². The molecule has 0 aromatic heterocycles. The second-order valence-electron chi connectivity index (χ2n) is 17.7. The molecular weight excluding hydrogens is 687 g/mol. The predicted molar refractivity (Wildman–Crippen MR) is 239 cm³/mol. The van der Waals surface area contributed by atoms with Gasteiger partial charge in [-0.15, -0.1) is 0 Å². The van der Waals surface area contributed by atoms with Gasteiger partial charge in [0.15, 0.2) is 0 Å². The van der Waals surface area contributed by atoms with Crippen LogP contribution < -0.4 is 4.90 Å². The van der Waals surface area contributed by atoms with Crippen LogP contribution >= 0.6 is 0 Å². The maximum absolute atomic E-state index is 2.60. The van der Waals surface area contributed by atoms with Crippen LogP contribution in [0.3, 0.4) is 0 Å². The monoisotopic (exact) mass is 731 g/mol. The van der Waals surface area contributed by atoms with Crippen LogP contribution in [0.2, 0.25) is 0 Å². The topological polar surface area (TPSA) is 3.24 Å². The molecule has 274 valence electrons. The SMILES string of the molecule is CC1(C)c2ccccc2-c2ccc(N(c3ccc(-c4ccccc4)cc3)c3ccc(-c4ccc5c(c4)C4(CC6CCC4C6)c4ccccc4-5)c4ccccc34)cc21. The lowest BCUT2D eigenvalue weighted by atomic mass is 9.66. The lowest BCUT2D eigenvalue weighted by Crippen LogP contribution is -2.31. The Hall–Kier alpha value is -6.18. The van der Waals surface area contributed by atoms with Gasteiger partial charge in [0, 0.05) is 27.6 Å². The van der Waals surface area contributed by atoms with Gasteiger partial charge in [-0.1, -0.05) is 160 Å². The van der Waals surface area contributed by atoms with Gasteiger partial charge in [0.05, 0.1) is 5.69 Å². The molecule has 2 saturated carbocycles. The molecule has 0 aliphatic heterocycles. The van der Waals surface area contributed by atoms with Crippen molar-refractivity contribution in [2.75, 3.05) is 4.90 Å². The molecule has 0 saturated heterocycles. The summed E-state index contributed by atoms with van der Waals surface area (Å²) in [6.45, 7) is 4.75. The smallest absolute Gasteiger partial charge is 0.0540 e. The van der Waals surface area contributed by atoms with Crippen LogP contribution in [0.1, 0.15) is 61.8 Å². The Bertz CT molecular complexity index is 2900. The largest absolute Gasteiger partial charge is 0.310 e. The van der Waals surface area contributed by atoms with Crippen LogP contribution in [0.5, 0.6) is 0 Å². The predicted octanol–water partition coefficient (Wildman–Crippen LogP) is 15.0. The van der Waals surface area contributed by atoms with Crippen molar-refractivity contribution in [2.24, 2.45) is 11.8 Å². The van der Waals surface area contributed by atoms with Crippen molar-refractivity contribution in [1.29, 1.82) is 0 Å². The van der Waals surface area contributed by atoms with E-state index in [1.165, 1.54) is 103 Å². The van der Waals surface area contributed by atoms with Crippen LogP contribution in [-0.2, 0) is 10.8 Å². The Morgan fingerprint density at radius 1 is 0.439 bits per heavy atom. The molecule has 0 amide bonds. The third-order valence-corrected chi connectivity index (χ3v) is 14.6. The fourth-order valence-corrected chi connectivity index (χ4v) is 12.0. The number of rotatable bonds is 5. The van der Waals surface area contributed by atoms with Gasteiger partial charge in [-0.3, -0.25) is 0 Å². The molecule has 1 heteroatoms. The highest BCUT2D eigenvalue weighted by molar-refractivity contribution is 6.07. The van der Waals surface area contributed by atoms with E-state index in [-0.39, 0.29) is 10.8 Å². The van der Waals surface area contributed by atoms with E-state index in [4.69, 9.17) is 0 Å². The fraction of sp³-hybridized carbons (Fsp3) is 0.179. The van der Waals surface area contributed by atoms with Crippen LogP contribution in [0.4, 0.5) is 17.1 Å². The summed E-state index contributed by atoms with van der Waals surface area (Å²) in [6.07, 6.45) is 5.43. The minimum Gasteiger partial charge on any atom is -0.310 e. The van der Waals surface area contributed by atoms with Gasteiger partial charge in [-0.2, -0.15) is 0 Å². The molecule has 3 atom stereocenters. The Morgan fingerprint density at radius 2 is 1.04 bits per heavy atom. The summed E-state index contributed by atoms with van der Waals surface area (Å²) in [7, 11) is 0. The van der Waals surface area contributed by atoms with Gasteiger partial charge >= 0.3 is 0 Å². The average molecular weight is 732 g/mol. The van der Waals surface area contributed by atoms with Crippen molar-refractivity contribution in [3.8, 4) is 44.5 Å². The van der Waals surface area contributed by atoms with E-state index >= 15 is 0 Å². The van der Waals surface area contributed by atoms with E-state index in [1.807, 2.05) is 0 Å². The van der Waals surface area contributed by atoms with Gasteiger partial charge in [0.2, 0.25) is 0 Å². The van der Waals surface area contributed by atoms with Crippen molar-refractivity contribution < 1.29 is 0 Å². The second-order valence-corrected chi connectivity index (χ2v) is 17.7. The summed E-state index contributed by atoms with van der Waals surface area (Å²) < 4.78 is 0. The molecule has 57 heavy (non-hydrogen) atoms. The highest BCUT2D eigenvalue weighted by Crippen LogP contribution is 2.66. The minimum atomic E-state index is -0.0971. The summed E-state index contributed by atoms with van der Waals surface area (Å²) in [5.41, 5.74) is 20.2. The molecule has 8 aromatic rings. The Morgan fingerprint density at radius 3 is 1.81 bits per heavy atom. The van der Waals surface area contributed by atoms with E-state index in [1.54, 1.807) is 11.1 Å². The van der Waals surface area contributed by atoms with Gasteiger partial charge in [0.1, 0.15) is 0 Å². The lowest BCUT2D eigenvalue weighted by Gasteiger charge is -2.36. The number of benzene rings is 8. The van der Waals surface area contributed by atoms with E-state index in [9.17, 15) is 0 Å². The molecule has 0 radical (unpaired) electrons. The van der Waals surface area contributed by atoms with Crippen molar-refractivity contribution in [3.05, 3.63) is 198 Å². The molecule has 1 nitrogen and oxygen atoms in total. The zero-order chi connectivity index (χ0) is 37.9. The molecule has 4 aliphatic carbocycles. The van der Waals surface area contributed by atoms with Gasteiger partial charge in [-0.25, -0.2) is 0 Å². The molecule has 2 bridgehead atoms. The molecule has 8 aromatic carbocycles. The molecule has 12 rings (SSSR count). The molecule has 3 unspecified atom stereocenters. The first-order valence-electron chi connectivity index (χ1n) is 21.0. The maximum atomic E-state index is 2.60. The summed E-state index contributed by atoms with van der Waals surface area (Å²) in [5, 5.41) is 2.54. The first-order valence-corrected chi connectivity index (χ1v) is 21.0. The first kappa shape index (κ1) is 33.0. The maximum Gasteiger partial charge on any atom is 0.0540 e. The van der Waals surface area contributed by atoms with Crippen molar-refractivity contribution in [3.63, 3.8) is 0 Å². The fourth-order valence-electron chi connectivity index (χ4n) is 12.0. The second kappa shape index (κ2) is 12.2. The minimum absolute atomic E-state index is 0.0971. The summed E-state index contributed by atoms with van der Waals surface area (Å²) in [6, 6.07) is 66.5. The van der Waals surface area contributed by atoms with Crippen molar-refractivity contribution >= 4 is 27.8 Å². The molecule has 2 fully saturated rings. The zero-order valence-corrected chi connectivity index (χ0v) is 32.7. The summed E-state index contributed by atoms with van der Waals surface area (Å²) in [4.78, 5) is 2.49. The van der Waals surface area contributed by atoms with Gasteiger partial charge < -0.3 is 4.90 Å². The molecule has 0 heterocycles. The van der Waals surface area contributed by atoms with E-state index in [0.717, 1.165) is 17.5 Å². The van der Waals surface area contributed by atoms with Crippen LogP contribution in [0.15, 0.2) is 176 Å². The van der Waals surface area contributed by atoms with Crippen LogP contribution in [0, 0.1) is 11.8 Å². The summed E-state index contributed by atoms with van der Waals surface area (Å²) >= 11 is 0. The number of anilines is 3. The third-order valence-electron chi connectivity index (χ3n) is 14.6. The normalized spacial score (nSPS) is 20.4. The average Bonchev–Trinajstić information content (AvgIpc) is 4.01. The lowest BCUT2D eigenvalue weighted by molar-refractivity contribution is 0.327. The van der Waals surface area contributed by atoms with Gasteiger partial charge in [-0.05, 0) is 140 Å². The van der Waals surface area contributed by atoms with Gasteiger partial charge in [0.25, 0.3) is 0 Å². The van der Waals surface area contributed by atoms with E-state index in [2.05, 4.69) is 195 Å². The Labute approximate surface area is 336 Å². The standard InChI is InChI=1S/C56H45N/c1-55(2)50-18-10-8-15-45(50)47-29-27-42(34-52(47)55)57(41-25-21-38(22-26-41)37-12-4-3-5-13-37)54-31-30-43(44-14-6-7-17-49(44)54)39-23-28-48-46-16-9-11-19-51(46)56(53(48)33-39)35-36-20-24-40(56)32-36/h3-19,21-23,25-31,33-34,36,40H,20,24,32,35H2,1-2H3. The Balaban J connectivity index is 1.03. The number of hydrogen-bond donors (Lipinski definition) is 0. The van der Waals surface area contributed by atoms with Crippen LogP contribution in [0.25, 0.3) is 55.3 Å². The van der Waals surface area contributed by atoms with E-state index < -0.39 is 0 Å². The summed E-state index contributed by atoms with van der Waals surface area (Å²) in [5.74, 6) is 1.59. The zero-order valence-electron chi connectivity index (χ0n) is 32.7. The number of fused-ring (bicyclic) bond motifs is 12. The van der Waals surface area contributed by atoms with Crippen LogP contribution in [-0.4, -0.2) is 0 Å². The number of nitrogens with zero attached hydrogens (tertiary/aromatic N) is 1. The highest BCUT2D eigenvalue weighted by atomic mass is 15.1. The molecule has 1 spiro atoms. The molecular formula is C56H45N. The number of hydrogen-bond acceptors (Lipinski definition) is 1.